The number of hydrogen-bond donors (Lipinski definition) is 3. The van der Waals surface area contributed by atoms with Gasteiger partial charge in [0, 0.05) is 30.8 Å². The predicted octanol–water partition coefficient (Wildman–Crippen LogP) is 1.65. The zero-order valence-electron chi connectivity index (χ0n) is 14.0. The first-order valence-corrected chi connectivity index (χ1v) is 8.20. The Morgan fingerprint density at radius 3 is 2.46 bits per heavy atom. The van der Waals surface area contributed by atoms with Crippen LogP contribution in [0.1, 0.15) is 23.3 Å². The molecule has 138 valence electrons. The Morgan fingerprint density at radius 2 is 1.96 bits per heavy atom. The van der Waals surface area contributed by atoms with Crippen LogP contribution >= 0.6 is 11.6 Å². The maximum atomic E-state index is 11.7. The number of halogens is 1. The molecular weight excluding hydrogens is 362 g/mol. The highest BCUT2D eigenvalue weighted by Gasteiger charge is 2.18. The normalized spacial score (nSPS) is 13.3. The monoisotopic (exact) mass is 379 g/mol. The standard InChI is InChI=1S/C12H9ClN2O4.C5H9NO/c13-11-7-4-2-1-3-6(7)10(18)9(15-11)12(19)14-5-8(16)17;1-6-4-2-3-5(6)7/h1-4,18H,5H2,(H,14,19)(H,16,17);2-4H2,1H3. The lowest BCUT2D eigenvalue weighted by Crippen LogP contribution is -2.30. The number of nitrogens with one attached hydrogen (secondary N) is 1. The van der Waals surface area contributed by atoms with Gasteiger partial charge in [0.05, 0.1) is 0 Å². The van der Waals surface area contributed by atoms with E-state index in [1.54, 1.807) is 29.2 Å². The van der Waals surface area contributed by atoms with Crippen LogP contribution in [0.4, 0.5) is 0 Å². The number of carbonyl (C=O) groups excluding carboxylic acids is 2. The summed E-state index contributed by atoms with van der Waals surface area (Å²) >= 11 is 5.92. The highest BCUT2D eigenvalue weighted by Crippen LogP contribution is 2.31. The van der Waals surface area contributed by atoms with Crippen molar-refractivity contribution in [3.8, 4) is 5.75 Å². The minimum atomic E-state index is -1.19. The van der Waals surface area contributed by atoms with Gasteiger partial charge in [-0.25, -0.2) is 4.98 Å². The molecule has 1 aliphatic rings. The van der Waals surface area contributed by atoms with Crippen molar-refractivity contribution in [3.05, 3.63) is 35.1 Å². The lowest BCUT2D eigenvalue weighted by atomic mass is 10.1. The van der Waals surface area contributed by atoms with E-state index in [0.29, 0.717) is 16.7 Å². The molecule has 3 rings (SSSR count). The Balaban J connectivity index is 0.000000290. The average molecular weight is 380 g/mol. The minimum absolute atomic E-state index is 0.0638. The summed E-state index contributed by atoms with van der Waals surface area (Å²) in [5.41, 5.74) is -0.301. The molecule has 0 spiro atoms. The maximum Gasteiger partial charge on any atom is 0.322 e. The number of pyridine rings is 1. The van der Waals surface area contributed by atoms with Crippen molar-refractivity contribution in [1.29, 1.82) is 0 Å². The van der Waals surface area contributed by atoms with Crippen LogP contribution in [0, 0.1) is 0 Å². The maximum absolute atomic E-state index is 11.7. The van der Waals surface area contributed by atoms with Gasteiger partial charge >= 0.3 is 5.97 Å². The largest absolute Gasteiger partial charge is 0.505 e. The lowest BCUT2D eigenvalue weighted by molar-refractivity contribution is -0.135. The van der Waals surface area contributed by atoms with Crippen LogP contribution in [0.2, 0.25) is 5.15 Å². The van der Waals surface area contributed by atoms with Crippen molar-refractivity contribution < 1.29 is 24.6 Å². The molecule has 2 aromatic rings. The second-order valence-corrected chi connectivity index (χ2v) is 6.00. The summed E-state index contributed by atoms with van der Waals surface area (Å²) in [6.45, 7) is 0.392. The van der Waals surface area contributed by atoms with Gasteiger partial charge in [0.25, 0.3) is 5.91 Å². The summed E-state index contributed by atoms with van der Waals surface area (Å²) in [7, 11) is 1.84. The Bertz CT molecular complexity index is 856. The van der Waals surface area contributed by atoms with Crippen molar-refractivity contribution >= 4 is 40.2 Å². The highest BCUT2D eigenvalue weighted by molar-refractivity contribution is 6.34. The third-order valence-electron chi connectivity index (χ3n) is 3.76. The molecule has 9 heteroatoms. The quantitative estimate of drug-likeness (QED) is 0.697. The highest BCUT2D eigenvalue weighted by atomic mass is 35.5. The van der Waals surface area contributed by atoms with E-state index in [2.05, 4.69) is 10.3 Å². The van der Waals surface area contributed by atoms with Crippen LogP contribution in [0.25, 0.3) is 10.8 Å². The summed E-state index contributed by atoms with van der Waals surface area (Å²) in [5, 5.41) is 21.5. The first kappa shape index (κ1) is 19.5. The van der Waals surface area contributed by atoms with Crippen LogP contribution in [0.3, 0.4) is 0 Å². The Hall–Kier alpha value is -2.87. The van der Waals surface area contributed by atoms with E-state index >= 15 is 0 Å². The van der Waals surface area contributed by atoms with E-state index in [9.17, 15) is 19.5 Å². The van der Waals surface area contributed by atoms with Crippen molar-refractivity contribution in [3.63, 3.8) is 0 Å². The van der Waals surface area contributed by atoms with E-state index in [0.717, 1.165) is 19.4 Å². The number of hydrogen-bond acceptors (Lipinski definition) is 5. The summed E-state index contributed by atoms with van der Waals surface area (Å²) in [6.07, 6.45) is 1.81. The number of carboxylic acid groups (broad SMARTS) is 1. The molecular formula is C17H18ClN3O5. The first-order valence-electron chi connectivity index (χ1n) is 7.82. The van der Waals surface area contributed by atoms with Crippen molar-refractivity contribution in [1.82, 2.24) is 15.2 Å². The molecule has 0 unspecified atom stereocenters. The van der Waals surface area contributed by atoms with Crippen LogP contribution in [-0.4, -0.2) is 58.0 Å². The summed E-state index contributed by atoms with van der Waals surface area (Å²) in [4.78, 5) is 38.1. The summed E-state index contributed by atoms with van der Waals surface area (Å²) in [5.74, 6) is -2.03. The van der Waals surface area contributed by atoms with Gasteiger partial charge in [-0.05, 0) is 6.42 Å². The number of aromatic hydroxyl groups is 1. The Morgan fingerprint density at radius 1 is 1.31 bits per heavy atom. The topological polar surface area (TPSA) is 120 Å². The van der Waals surface area contributed by atoms with E-state index in [-0.39, 0.29) is 16.6 Å². The number of amides is 2. The number of benzene rings is 1. The molecule has 26 heavy (non-hydrogen) atoms. The molecule has 1 aromatic heterocycles. The fourth-order valence-corrected chi connectivity index (χ4v) is 2.64. The molecule has 1 fully saturated rings. The number of aromatic nitrogens is 1. The lowest BCUT2D eigenvalue weighted by Gasteiger charge is -2.08. The van der Waals surface area contributed by atoms with Crippen molar-refractivity contribution in [2.75, 3.05) is 20.1 Å². The van der Waals surface area contributed by atoms with E-state index in [1.165, 1.54) is 0 Å². The smallest absolute Gasteiger partial charge is 0.322 e. The molecule has 1 saturated heterocycles. The molecule has 0 aliphatic carbocycles. The zero-order chi connectivity index (χ0) is 19.3. The Kier molecular flexibility index (Phi) is 6.35. The molecule has 1 aromatic carbocycles. The van der Waals surface area contributed by atoms with Crippen LogP contribution in [0.15, 0.2) is 24.3 Å². The molecule has 3 N–H and O–H groups in total. The van der Waals surface area contributed by atoms with Crippen LogP contribution < -0.4 is 5.32 Å². The minimum Gasteiger partial charge on any atom is -0.505 e. The number of fused-ring (bicyclic) bond motifs is 1. The molecule has 0 saturated carbocycles. The molecule has 2 amide bonds. The number of aliphatic carboxylic acids is 1. The number of carboxylic acids is 1. The zero-order valence-corrected chi connectivity index (χ0v) is 14.8. The second-order valence-electron chi connectivity index (χ2n) is 5.64. The van der Waals surface area contributed by atoms with Gasteiger partial charge in [-0.2, -0.15) is 0 Å². The van der Waals surface area contributed by atoms with E-state index in [1.807, 2.05) is 7.05 Å². The number of rotatable bonds is 3. The fourth-order valence-electron chi connectivity index (χ4n) is 2.39. The van der Waals surface area contributed by atoms with Gasteiger partial charge in [0.15, 0.2) is 11.4 Å². The molecule has 2 heterocycles. The average Bonchev–Trinajstić information content (AvgIpc) is 2.99. The number of carbonyl (C=O) groups is 3. The second kappa shape index (κ2) is 8.48. The van der Waals surface area contributed by atoms with Gasteiger partial charge < -0.3 is 20.4 Å². The SMILES string of the molecule is CN1CCCC1=O.O=C(O)CNC(=O)c1nc(Cl)c2ccccc2c1O. The summed E-state index contributed by atoms with van der Waals surface area (Å²) in [6, 6.07) is 6.65. The number of nitrogens with zero attached hydrogens (tertiary/aromatic N) is 2. The first-order chi connectivity index (χ1) is 12.3. The molecule has 1 aliphatic heterocycles. The van der Waals surface area contributed by atoms with Gasteiger partial charge in [0.2, 0.25) is 5.91 Å². The van der Waals surface area contributed by atoms with Gasteiger partial charge in [-0.1, -0.05) is 35.9 Å². The number of likely N-dealkylation sites (tertiary alicyclic amines) is 1. The molecule has 0 atom stereocenters. The van der Waals surface area contributed by atoms with E-state index < -0.39 is 18.4 Å². The fraction of sp³-hybridized carbons (Fsp3) is 0.294. The van der Waals surface area contributed by atoms with Crippen LogP contribution in [-0.2, 0) is 9.59 Å². The van der Waals surface area contributed by atoms with Gasteiger partial charge in [0.1, 0.15) is 11.7 Å². The third-order valence-corrected chi connectivity index (χ3v) is 4.05. The molecule has 0 radical (unpaired) electrons. The summed E-state index contributed by atoms with van der Waals surface area (Å²) < 4.78 is 0. The van der Waals surface area contributed by atoms with Gasteiger partial charge in [-0.3, -0.25) is 14.4 Å². The molecule has 8 nitrogen and oxygen atoms in total. The Labute approximate surface area is 154 Å². The van der Waals surface area contributed by atoms with Crippen molar-refractivity contribution in [2.24, 2.45) is 0 Å². The molecule has 0 bridgehead atoms. The van der Waals surface area contributed by atoms with Gasteiger partial charge in [-0.15, -0.1) is 0 Å². The van der Waals surface area contributed by atoms with E-state index in [4.69, 9.17) is 16.7 Å². The van der Waals surface area contributed by atoms with Crippen LogP contribution in [0.5, 0.6) is 5.75 Å². The predicted molar refractivity (Wildman–Crippen MR) is 95.3 cm³/mol. The third kappa shape index (κ3) is 4.60. The van der Waals surface area contributed by atoms with Crippen molar-refractivity contribution in [2.45, 2.75) is 12.8 Å².